The Hall–Kier alpha value is -2.54. The normalized spacial score (nSPS) is 26.6. The molecular weight excluding hydrogens is 418 g/mol. The number of ether oxygens (including phenoxy) is 1. The van der Waals surface area contributed by atoms with Crippen LogP contribution in [0, 0.1) is 0 Å². The molecule has 0 aromatic carbocycles. The van der Waals surface area contributed by atoms with Gasteiger partial charge in [0, 0.05) is 19.2 Å². The minimum absolute atomic E-state index is 0.0199. The lowest BCUT2D eigenvalue weighted by Crippen LogP contribution is -2.66. The van der Waals surface area contributed by atoms with Crippen LogP contribution >= 0.6 is 0 Å². The molecule has 0 bridgehead atoms. The minimum Gasteiger partial charge on any atom is -0.463 e. The molecule has 1 saturated carbocycles. The highest BCUT2D eigenvalue weighted by atomic mass is 16.5. The number of carbonyl (C=O) groups is 2. The SMILES string of the molecule is C[C@@]1(C(=O)NC2CCCCCCC2)Cn2c(ccc2-c2ccco2)C(=O)N1C[C@@H]1CCCO1. The summed E-state index contributed by atoms with van der Waals surface area (Å²) >= 11 is 0. The highest BCUT2D eigenvalue weighted by molar-refractivity contribution is 6.00. The number of furan rings is 1. The van der Waals surface area contributed by atoms with E-state index in [-0.39, 0.29) is 24.0 Å². The fourth-order valence-electron chi connectivity index (χ4n) is 5.63. The highest BCUT2D eigenvalue weighted by Crippen LogP contribution is 2.34. The third-order valence-corrected chi connectivity index (χ3v) is 7.62. The number of nitrogens with zero attached hydrogens (tertiary/aromatic N) is 2. The van der Waals surface area contributed by atoms with Crippen molar-refractivity contribution in [3.63, 3.8) is 0 Å². The molecule has 33 heavy (non-hydrogen) atoms. The molecule has 2 aromatic rings. The third-order valence-electron chi connectivity index (χ3n) is 7.62. The van der Waals surface area contributed by atoms with E-state index in [4.69, 9.17) is 9.15 Å². The Morgan fingerprint density at radius 1 is 1.06 bits per heavy atom. The van der Waals surface area contributed by atoms with Gasteiger partial charge in [-0.1, -0.05) is 32.1 Å². The van der Waals surface area contributed by atoms with Crippen molar-refractivity contribution in [1.29, 1.82) is 0 Å². The van der Waals surface area contributed by atoms with Crippen molar-refractivity contribution in [3.8, 4) is 11.5 Å². The van der Waals surface area contributed by atoms with Gasteiger partial charge in [0.05, 0.1) is 24.6 Å². The number of fused-ring (bicyclic) bond motifs is 1. The van der Waals surface area contributed by atoms with Crippen molar-refractivity contribution < 1.29 is 18.7 Å². The van der Waals surface area contributed by atoms with Gasteiger partial charge in [-0.2, -0.15) is 0 Å². The van der Waals surface area contributed by atoms with Gasteiger partial charge in [-0.15, -0.1) is 0 Å². The molecule has 2 amide bonds. The summed E-state index contributed by atoms with van der Waals surface area (Å²) in [6.45, 7) is 3.46. The van der Waals surface area contributed by atoms with Crippen LogP contribution in [-0.4, -0.2) is 52.1 Å². The summed E-state index contributed by atoms with van der Waals surface area (Å²) in [5.41, 5.74) is 0.416. The predicted octanol–water partition coefficient (Wildman–Crippen LogP) is 4.37. The summed E-state index contributed by atoms with van der Waals surface area (Å²) < 4.78 is 13.4. The molecule has 0 spiro atoms. The molecule has 1 saturated heterocycles. The van der Waals surface area contributed by atoms with Crippen molar-refractivity contribution in [1.82, 2.24) is 14.8 Å². The lowest BCUT2D eigenvalue weighted by atomic mass is 9.91. The number of hydrogen-bond donors (Lipinski definition) is 1. The second kappa shape index (κ2) is 9.37. The summed E-state index contributed by atoms with van der Waals surface area (Å²) in [6.07, 6.45) is 11.6. The zero-order valence-electron chi connectivity index (χ0n) is 19.6. The number of hydrogen-bond acceptors (Lipinski definition) is 4. The van der Waals surface area contributed by atoms with Gasteiger partial charge in [-0.3, -0.25) is 9.59 Å². The summed E-state index contributed by atoms with van der Waals surface area (Å²) in [4.78, 5) is 29.4. The minimum atomic E-state index is -1.00. The highest BCUT2D eigenvalue weighted by Gasteiger charge is 2.49. The molecule has 2 atom stereocenters. The quantitative estimate of drug-likeness (QED) is 0.729. The van der Waals surface area contributed by atoms with Gasteiger partial charge in [-0.25, -0.2) is 0 Å². The molecule has 0 radical (unpaired) electrons. The van der Waals surface area contributed by atoms with E-state index in [0.29, 0.717) is 24.5 Å². The van der Waals surface area contributed by atoms with E-state index in [0.717, 1.165) is 50.8 Å². The standard InChI is InChI=1S/C26H35N3O4/c1-26(25(31)27-19-9-5-3-2-4-6-10-19)18-28-21(23-12-8-16-33-23)13-14-22(28)24(30)29(26)17-20-11-7-15-32-20/h8,12-14,16,19-20H,2-7,9-11,15,17-18H2,1H3,(H,27,31)/t20-,26-/m0/s1. The van der Waals surface area contributed by atoms with E-state index in [2.05, 4.69) is 5.32 Å². The maximum absolute atomic E-state index is 13.9. The average Bonchev–Trinajstić information content (AvgIpc) is 3.54. The topological polar surface area (TPSA) is 76.7 Å². The molecule has 2 aliphatic heterocycles. The zero-order chi connectivity index (χ0) is 22.8. The van der Waals surface area contributed by atoms with Crippen molar-refractivity contribution >= 4 is 11.8 Å². The van der Waals surface area contributed by atoms with Gasteiger partial charge in [0.15, 0.2) is 0 Å². The summed E-state index contributed by atoms with van der Waals surface area (Å²) in [6, 6.07) is 7.65. The lowest BCUT2D eigenvalue weighted by molar-refractivity contribution is -0.134. The molecule has 2 aromatic heterocycles. The first-order valence-corrected chi connectivity index (χ1v) is 12.5. The van der Waals surface area contributed by atoms with Gasteiger partial charge in [0.1, 0.15) is 17.0 Å². The molecule has 178 valence electrons. The molecule has 3 aliphatic rings. The number of nitrogens with one attached hydrogen (secondary N) is 1. The van der Waals surface area contributed by atoms with Crippen LogP contribution in [0.3, 0.4) is 0 Å². The summed E-state index contributed by atoms with van der Waals surface area (Å²) in [7, 11) is 0. The van der Waals surface area contributed by atoms with Gasteiger partial charge in [-0.05, 0) is 56.9 Å². The fourth-order valence-corrected chi connectivity index (χ4v) is 5.63. The first-order chi connectivity index (χ1) is 16.1. The Morgan fingerprint density at radius 3 is 2.52 bits per heavy atom. The average molecular weight is 454 g/mol. The van der Waals surface area contributed by atoms with E-state index < -0.39 is 5.54 Å². The Balaban J connectivity index is 1.46. The van der Waals surface area contributed by atoms with Crippen LogP contribution < -0.4 is 5.32 Å². The molecule has 0 unspecified atom stereocenters. The Bertz CT molecular complexity index is 968. The number of carbonyl (C=O) groups excluding carboxylic acids is 2. The Morgan fingerprint density at radius 2 is 1.82 bits per heavy atom. The van der Waals surface area contributed by atoms with E-state index in [1.807, 2.05) is 35.8 Å². The van der Waals surface area contributed by atoms with Crippen LogP contribution in [0.4, 0.5) is 0 Å². The van der Waals surface area contributed by atoms with Crippen molar-refractivity contribution in [2.45, 2.75) is 88.9 Å². The zero-order valence-corrected chi connectivity index (χ0v) is 19.6. The Kier molecular flexibility index (Phi) is 6.32. The second-order valence-electron chi connectivity index (χ2n) is 10.0. The van der Waals surface area contributed by atoms with Gasteiger partial charge in [0.25, 0.3) is 5.91 Å². The molecule has 4 heterocycles. The number of rotatable bonds is 5. The monoisotopic (exact) mass is 453 g/mol. The van der Waals surface area contributed by atoms with Crippen LogP contribution in [0.2, 0.25) is 0 Å². The van der Waals surface area contributed by atoms with Crippen LogP contribution in [0.1, 0.15) is 75.2 Å². The maximum Gasteiger partial charge on any atom is 0.271 e. The molecule has 2 fully saturated rings. The van der Waals surface area contributed by atoms with E-state index in [1.165, 1.54) is 19.3 Å². The predicted molar refractivity (Wildman–Crippen MR) is 125 cm³/mol. The van der Waals surface area contributed by atoms with E-state index in [1.54, 1.807) is 11.2 Å². The van der Waals surface area contributed by atoms with Crippen LogP contribution in [0.5, 0.6) is 0 Å². The third kappa shape index (κ3) is 4.35. The van der Waals surface area contributed by atoms with E-state index >= 15 is 0 Å². The van der Waals surface area contributed by atoms with Crippen molar-refractivity contribution in [2.24, 2.45) is 0 Å². The molecule has 1 aliphatic carbocycles. The molecular formula is C26H35N3O4. The van der Waals surface area contributed by atoms with Crippen molar-refractivity contribution in [2.75, 3.05) is 13.2 Å². The maximum atomic E-state index is 13.9. The Labute approximate surface area is 195 Å². The van der Waals surface area contributed by atoms with Gasteiger partial charge in [0.2, 0.25) is 5.91 Å². The fraction of sp³-hybridized carbons (Fsp3) is 0.615. The molecule has 7 heteroatoms. The number of aromatic nitrogens is 1. The van der Waals surface area contributed by atoms with E-state index in [9.17, 15) is 9.59 Å². The van der Waals surface area contributed by atoms with Gasteiger partial charge >= 0.3 is 0 Å². The van der Waals surface area contributed by atoms with Crippen LogP contribution in [-0.2, 0) is 16.1 Å². The second-order valence-corrected chi connectivity index (χ2v) is 10.0. The smallest absolute Gasteiger partial charge is 0.271 e. The van der Waals surface area contributed by atoms with Crippen LogP contribution in [0.15, 0.2) is 34.9 Å². The number of amides is 2. The summed E-state index contributed by atoms with van der Waals surface area (Å²) in [5.74, 6) is 0.512. The first kappa shape index (κ1) is 22.3. The lowest BCUT2D eigenvalue weighted by Gasteiger charge is -2.45. The first-order valence-electron chi connectivity index (χ1n) is 12.5. The van der Waals surface area contributed by atoms with Crippen LogP contribution in [0.25, 0.3) is 11.5 Å². The van der Waals surface area contributed by atoms with Gasteiger partial charge < -0.3 is 23.9 Å². The molecule has 7 nitrogen and oxygen atoms in total. The largest absolute Gasteiger partial charge is 0.463 e. The molecule has 1 N–H and O–H groups in total. The van der Waals surface area contributed by atoms with Crippen molar-refractivity contribution in [3.05, 3.63) is 36.2 Å². The molecule has 5 rings (SSSR count). The summed E-state index contributed by atoms with van der Waals surface area (Å²) in [5, 5.41) is 3.34.